The Hall–Kier alpha value is -3.68. The predicted molar refractivity (Wildman–Crippen MR) is 118 cm³/mol. The van der Waals surface area contributed by atoms with Crippen LogP contribution in [0.5, 0.6) is 5.75 Å². The minimum atomic E-state index is -0.949. The fourth-order valence-electron chi connectivity index (χ4n) is 3.69. The summed E-state index contributed by atoms with van der Waals surface area (Å²) in [5, 5.41) is 19.3. The quantitative estimate of drug-likeness (QED) is 0.379. The van der Waals surface area contributed by atoms with E-state index in [1.54, 1.807) is 54.6 Å². The highest BCUT2D eigenvalue weighted by Gasteiger charge is 2.17. The van der Waals surface area contributed by atoms with Crippen molar-refractivity contribution < 1.29 is 28.6 Å². The number of fused-ring (bicyclic) bond motifs is 1. The van der Waals surface area contributed by atoms with E-state index in [-0.39, 0.29) is 26.2 Å². The average Bonchev–Trinajstić information content (AvgIpc) is 3.21. The van der Waals surface area contributed by atoms with Crippen molar-refractivity contribution in [2.45, 2.75) is 26.2 Å². The van der Waals surface area contributed by atoms with E-state index in [0.29, 0.717) is 44.7 Å². The van der Waals surface area contributed by atoms with Gasteiger partial charge in [-0.25, -0.2) is 4.39 Å². The van der Waals surface area contributed by atoms with Crippen molar-refractivity contribution in [3.63, 3.8) is 0 Å². The second kappa shape index (κ2) is 9.21. The summed E-state index contributed by atoms with van der Waals surface area (Å²) in [6, 6.07) is 17.3. The number of aliphatic carboxylic acids is 1. The minimum absolute atomic E-state index is 0.0615. The van der Waals surface area contributed by atoms with E-state index >= 15 is 4.39 Å². The fraction of sp³-hybridized carbons (Fsp3) is 0.160. The minimum Gasteiger partial charge on any atom is -0.489 e. The van der Waals surface area contributed by atoms with E-state index in [9.17, 15) is 9.90 Å². The van der Waals surface area contributed by atoms with Gasteiger partial charge < -0.3 is 25.1 Å². The largest absolute Gasteiger partial charge is 0.489 e. The molecule has 3 aromatic carbocycles. The Bertz CT molecular complexity index is 1280. The molecule has 32 heavy (non-hydrogen) atoms. The number of benzene rings is 3. The highest BCUT2D eigenvalue weighted by atomic mass is 19.1. The van der Waals surface area contributed by atoms with Crippen LogP contribution in [0.2, 0.25) is 0 Å². The molecule has 0 amide bonds. The number of carboxylic acid groups (broad SMARTS) is 1. The smallest absolute Gasteiger partial charge is 0.307 e. The molecule has 0 saturated heterocycles. The molecule has 0 unspecified atom stereocenters. The van der Waals surface area contributed by atoms with Crippen LogP contribution in [0.1, 0.15) is 22.5 Å². The maximum atomic E-state index is 15.1. The van der Waals surface area contributed by atoms with E-state index in [4.69, 9.17) is 20.0 Å². The molecule has 1 aromatic heterocycles. The summed E-state index contributed by atoms with van der Waals surface area (Å²) in [6.07, 6.45) is -0.154. The van der Waals surface area contributed by atoms with Crippen molar-refractivity contribution in [1.82, 2.24) is 0 Å². The first-order chi connectivity index (χ1) is 15.5. The van der Waals surface area contributed by atoms with Gasteiger partial charge in [0.2, 0.25) is 0 Å². The predicted octanol–water partition coefficient (Wildman–Crippen LogP) is 4.40. The number of carboxylic acids is 1. The summed E-state index contributed by atoms with van der Waals surface area (Å²) >= 11 is 0. The summed E-state index contributed by atoms with van der Waals surface area (Å²) in [5.74, 6) is -0.546. The number of carbonyl (C=O) groups is 1. The number of aliphatic hydroxyl groups is 1. The third-order valence-corrected chi connectivity index (χ3v) is 5.18. The summed E-state index contributed by atoms with van der Waals surface area (Å²) in [5.41, 5.74) is 8.67. The maximum absolute atomic E-state index is 15.1. The molecule has 1 heterocycles. The monoisotopic (exact) mass is 435 g/mol. The van der Waals surface area contributed by atoms with E-state index in [0.717, 1.165) is 5.56 Å². The first-order valence-corrected chi connectivity index (χ1v) is 10.1. The second-order valence-electron chi connectivity index (χ2n) is 7.38. The van der Waals surface area contributed by atoms with Gasteiger partial charge in [0, 0.05) is 34.2 Å². The van der Waals surface area contributed by atoms with Crippen LogP contribution in [-0.4, -0.2) is 16.2 Å². The van der Waals surface area contributed by atoms with Crippen LogP contribution in [0, 0.1) is 5.82 Å². The molecule has 0 atom stereocenters. The van der Waals surface area contributed by atoms with Crippen LogP contribution in [0.3, 0.4) is 0 Å². The van der Waals surface area contributed by atoms with Gasteiger partial charge in [-0.2, -0.15) is 0 Å². The Morgan fingerprint density at radius 1 is 1.03 bits per heavy atom. The lowest BCUT2D eigenvalue weighted by molar-refractivity contribution is -0.136. The van der Waals surface area contributed by atoms with Crippen molar-refractivity contribution in [2.75, 3.05) is 0 Å². The molecule has 0 aliphatic rings. The van der Waals surface area contributed by atoms with Gasteiger partial charge in [0.15, 0.2) is 0 Å². The normalized spacial score (nSPS) is 11.1. The molecule has 4 N–H and O–H groups in total. The molecule has 7 heteroatoms. The van der Waals surface area contributed by atoms with Crippen LogP contribution in [-0.2, 0) is 31.0 Å². The zero-order valence-corrected chi connectivity index (χ0v) is 17.2. The third-order valence-electron chi connectivity index (χ3n) is 5.18. The molecule has 164 valence electrons. The van der Waals surface area contributed by atoms with Gasteiger partial charge in [-0.05, 0) is 29.8 Å². The van der Waals surface area contributed by atoms with Crippen molar-refractivity contribution >= 4 is 16.9 Å². The maximum Gasteiger partial charge on any atom is 0.307 e. The van der Waals surface area contributed by atoms with Crippen LogP contribution >= 0.6 is 0 Å². The summed E-state index contributed by atoms with van der Waals surface area (Å²) in [7, 11) is 0. The molecule has 4 rings (SSSR count). The van der Waals surface area contributed by atoms with Gasteiger partial charge in [-0.3, -0.25) is 4.79 Å². The molecule has 4 aromatic rings. The van der Waals surface area contributed by atoms with E-state index < -0.39 is 11.8 Å². The second-order valence-corrected chi connectivity index (χ2v) is 7.38. The number of rotatable bonds is 8. The first-order valence-electron chi connectivity index (χ1n) is 10.1. The van der Waals surface area contributed by atoms with Crippen molar-refractivity contribution in [2.24, 2.45) is 5.73 Å². The van der Waals surface area contributed by atoms with Crippen LogP contribution in [0.15, 0.2) is 65.1 Å². The number of halogens is 1. The van der Waals surface area contributed by atoms with Crippen molar-refractivity contribution in [3.05, 3.63) is 88.9 Å². The molecule has 0 saturated carbocycles. The number of hydrogen-bond acceptors (Lipinski definition) is 5. The zero-order valence-electron chi connectivity index (χ0n) is 17.2. The van der Waals surface area contributed by atoms with Crippen molar-refractivity contribution in [3.8, 4) is 16.9 Å². The number of furan rings is 1. The van der Waals surface area contributed by atoms with E-state index in [2.05, 4.69) is 0 Å². The van der Waals surface area contributed by atoms with Gasteiger partial charge in [-0.15, -0.1) is 0 Å². The SMILES string of the molecule is NCc1cccc(-c2cc(COc3ccccc3CC(=O)O)cc3cc(CO)oc23)c1F. The topological polar surface area (TPSA) is 106 Å². The van der Waals surface area contributed by atoms with Gasteiger partial charge in [-0.1, -0.05) is 36.4 Å². The third kappa shape index (κ3) is 4.34. The fourth-order valence-corrected chi connectivity index (χ4v) is 3.69. The molecule has 0 bridgehead atoms. The lowest BCUT2D eigenvalue weighted by atomic mass is 9.98. The number of hydrogen-bond donors (Lipinski definition) is 3. The van der Waals surface area contributed by atoms with Gasteiger partial charge in [0.05, 0.1) is 6.42 Å². The van der Waals surface area contributed by atoms with Gasteiger partial charge >= 0.3 is 5.97 Å². The number of para-hydroxylation sites is 1. The Kier molecular flexibility index (Phi) is 6.20. The molecule has 6 nitrogen and oxygen atoms in total. The first kappa shape index (κ1) is 21.5. The Morgan fingerprint density at radius 3 is 2.56 bits per heavy atom. The van der Waals surface area contributed by atoms with Gasteiger partial charge in [0.25, 0.3) is 0 Å². The zero-order chi connectivity index (χ0) is 22.7. The molecular weight excluding hydrogens is 413 g/mol. The molecular formula is C25H22FNO5. The summed E-state index contributed by atoms with van der Waals surface area (Å²) < 4.78 is 26.7. The number of aliphatic hydroxyl groups excluding tert-OH is 1. The van der Waals surface area contributed by atoms with E-state index in [1.807, 2.05) is 6.07 Å². The van der Waals surface area contributed by atoms with Crippen LogP contribution in [0.4, 0.5) is 4.39 Å². The molecule has 0 aliphatic heterocycles. The Morgan fingerprint density at radius 2 is 1.81 bits per heavy atom. The lowest BCUT2D eigenvalue weighted by Crippen LogP contribution is -2.04. The summed E-state index contributed by atoms with van der Waals surface area (Å²) in [4.78, 5) is 11.1. The lowest BCUT2D eigenvalue weighted by Gasteiger charge is -2.13. The van der Waals surface area contributed by atoms with Gasteiger partial charge in [0.1, 0.15) is 36.1 Å². The molecule has 0 fully saturated rings. The Balaban J connectivity index is 1.75. The van der Waals surface area contributed by atoms with Crippen molar-refractivity contribution in [1.29, 1.82) is 0 Å². The summed E-state index contributed by atoms with van der Waals surface area (Å²) in [6.45, 7) is -0.0860. The highest BCUT2D eigenvalue weighted by molar-refractivity contribution is 5.94. The number of nitrogens with two attached hydrogens (primary N) is 1. The highest BCUT2D eigenvalue weighted by Crippen LogP contribution is 2.35. The molecule has 0 aliphatic carbocycles. The number of ether oxygens (including phenoxy) is 1. The Labute approximate surface area is 183 Å². The van der Waals surface area contributed by atoms with Crippen LogP contribution < -0.4 is 10.5 Å². The van der Waals surface area contributed by atoms with E-state index in [1.165, 1.54) is 0 Å². The van der Waals surface area contributed by atoms with Crippen LogP contribution in [0.25, 0.3) is 22.1 Å². The standard InChI is InChI=1S/C25H22FNO5/c26-24-17(12-27)5-3-6-20(24)21-9-15(8-18-10-19(13-28)32-25(18)21)14-31-22-7-2-1-4-16(22)11-23(29)30/h1-10,28H,11-14,27H2,(H,29,30). The molecule has 0 radical (unpaired) electrons. The average molecular weight is 435 g/mol. The molecule has 0 spiro atoms.